The third-order valence-electron chi connectivity index (χ3n) is 3.28. The molecule has 3 unspecified atom stereocenters. The van der Waals surface area contributed by atoms with Crippen LogP contribution in [0, 0.1) is 11.8 Å². The van der Waals surface area contributed by atoms with Crippen molar-refractivity contribution in [3.63, 3.8) is 0 Å². The summed E-state index contributed by atoms with van der Waals surface area (Å²) in [5.74, 6) is -1.94. The molecule has 2 amide bonds. The second kappa shape index (κ2) is 9.33. The van der Waals surface area contributed by atoms with Gasteiger partial charge in [0.05, 0.1) is 12.6 Å². The molecule has 0 aliphatic heterocycles. The van der Waals surface area contributed by atoms with Crippen molar-refractivity contribution >= 4 is 17.8 Å². The topological polar surface area (TPSA) is 122 Å². The molecule has 0 aromatic heterocycles. The summed E-state index contributed by atoms with van der Waals surface area (Å²) >= 11 is 0. The van der Waals surface area contributed by atoms with Crippen LogP contribution in [0.2, 0.25) is 0 Å². The molecule has 0 aromatic rings. The minimum atomic E-state index is -1.08. The zero-order valence-electron chi connectivity index (χ0n) is 13.2. The third-order valence-corrected chi connectivity index (χ3v) is 3.28. The molecule has 7 heteroatoms. The molecule has 0 aromatic carbocycles. The second-order valence-corrected chi connectivity index (χ2v) is 5.72. The summed E-state index contributed by atoms with van der Waals surface area (Å²) in [4.78, 5) is 34.4. The summed E-state index contributed by atoms with van der Waals surface area (Å²) < 4.78 is 0. The van der Waals surface area contributed by atoms with Crippen molar-refractivity contribution in [1.29, 1.82) is 0 Å². The van der Waals surface area contributed by atoms with E-state index in [9.17, 15) is 14.4 Å². The fraction of sp³-hybridized carbons (Fsp3) is 0.786. The van der Waals surface area contributed by atoms with E-state index in [1.165, 1.54) is 0 Å². The van der Waals surface area contributed by atoms with Crippen LogP contribution < -0.4 is 16.4 Å². The molecule has 21 heavy (non-hydrogen) atoms. The van der Waals surface area contributed by atoms with Crippen molar-refractivity contribution in [3.8, 4) is 0 Å². The number of carboxylic acids is 1. The number of nitrogens with one attached hydrogen (secondary N) is 2. The second-order valence-electron chi connectivity index (χ2n) is 5.72. The van der Waals surface area contributed by atoms with Gasteiger partial charge in [0.1, 0.15) is 6.04 Å². The lowest BCUT2D eigenvalue weighted by Gasteiger charge is -2.20. The average Bonchev–Trinajstić information content (AvgIpc) is 2.39. The normalized spacial score (nSPS) is 15.1. The molecule has 3 atom stereocenters. The number of amides is 2. The van der Waals surface area contributed by atoms with Crippen molar-refractivity contribution in [2.75, 3.05) is 6.54 Å². The molecule has 0 heterocycles. The Bertz CT molecular complexity index is 371. The monoisotopic (exact) mass is 301 g/mol. The van der Waals surface area contributed by atoms with Gasteiger partial charge in [-0.2, -0.15) is 0 Å². The Morgan fingerprint density at radius 1 is 1.19 bits per heavy atom. The minimum absolute atomic E-state index is 0.189. The van der Waals surface area contributed by atoms with Crippen LogP contribution in [0.15, 0.2) is 0 Å². The van der Waals surface area contributed by atoms with Gasteiger partial charge in [-0.1, -0.05) is 34.1 Å². The van der Waals surface area contributed by atoms with Gasteiger partial charge < -0.3 is 21.5 Å². The number of rotatable bonds is 9. The first-order valence-electron chi connectivity index (χ1n) is 7.24. The van der Waals surface area contributed by atoms with Crippen molar-refractivity contribution in [2.45, 2.75) is 52.6 Å². The molecule has 0 saturated carbocycles. The first-order valence-corrected chi connectivity index (χ1v) is 7.24. The van der Waals surface area contributed by atoms with Crippen molar-refractivity contribution in [1.82, 2.24) is 10.6 Å². The molecular weight excluding hydrogens is 274 g/mol. The summed E-state index contributed by atoms with van der Waals surface area (Å²) in [6, 6.07) is -1.62. The highest BCUT2D eigenvalue weighted by atomic mass is 16.4. The third kappa shape index (κ3) is 7.65. The summed E-state index contributed by atoms with van der Waals surface area (Å²) in [5.41, 5.74) is 5.69. The van der Waals surface area contributed by atoms with Gasteiger partial charge in [0, 0.05) is 0 Å². The van der Waals surface area contributed by atoms with E-state index in [2.05, 4.69) is 10.6 Å². The molecule has 0 rings (SSSR count). The Kier molecular flexibility index (Phi) is 8.61. The van der Waals surface area contributed by atoms with Crippen molar-refractivity contribution < 1.29 is 19.5 Å². The minimum Gasteiger partial charge on any atom is -0.480 e. The van der Waals surface area contributed by atoms with Crippen LogP contribution >= 0.6 is 0 Å². The predicted octanol–water partition coefficient (Wildman–Crippen LogP) is 0.0915. The Labute approximate surface area is 125 Å². The van der Waals surface area contributed by atoms with Crippen LogP contribution in [0.1, 0.15) is 40.5 Å². The summed E-state index contributed by atoms with van der Waals surface area (Å²) in [5, 5.41) is 13.9. The van der Waals surface area contributed by atoms with E-state index in [0.29, 0.717) is 12.8 Å². The molecule has 5 N–H and O–H groups in total. The number of hydrogen-bond acceptors (Lipinski definition) is 4. The van der Waals surface area contributed by atoms with Gasteiger partial charge in [0.25, 0.3) is 0 Å². The van der Waals surface area contributed by atoms with Crippen LogP contribution in [0.4, 0.5) is 0 Å². The lowest BCUT2D eigenvalue weighted by atomic mass is 9.99. The highest BCUT2D eigenvalue weighted by Crippen LogP contribution is 2.07. The molecule has 0 fully saturated rings. The maximum Gasteiger partial charge on any atom is 0.326 e. The lowest BCUT2D eigenvalue weighted by molar-refractivity contribution is -0.143. The summed E-state index contributed by atoms with van der Waals surface area (Å²) in [7, 11) is 0. The van der Waals surface area contributed by atoms with Crippen LogP contribution in [0.25, 0.3) is 0 Å². The average molecular weight is 301 g/mol. The summed E-state index contributed by atoms with van der Waals surface area (Å²) in [6.45, 7) is 7.22. The van der Waals surface area contributed by atoms with Crippen LogP contribution in [0.5, 0.6) is 0 Å². The van der Waals surface area contributed by atoms with Gasteiger partial charge in [-0.3, -0.25) is 9.59 Å². The van der Waals surface area contributed by atoms with Crippen LogP contribution in [0.3, 0.4) is 0 Å². The first-order chi connectivity index (χ1) is 9.68. The van der Waals surface area contributed by atoms with Gasteiger partial charge in [0.2, 0.25) is 11.8 Å². The zero-order valence-corrected chi connectivity index (χ0v) is 13.2. The highest BCUT2D eigenvalue weighted by molar-refractivity contribution is 5.89. The van der Waals surface area contributed by atoms with E-state index in [1.54, 1.807) is 6.92 Å². The van der Waals surface area contributed by atoms with Gasteiger partial charge in [-0.15, -0.1) is 0 Å². The number of carboxylic acid groups (broad SMARTS) is 1. The van der Waals surface area contributed by atoms with E-state index in [1.807, 2.05) is 20.8 Å². The SMILES string of the molecule is CCC(C)C(NC(=O)CNC(=O)C(N)CC(C)C)C(=O)O. The molecule has 0 bridgehead atoms. The molecule has 7 nitrogen and oxygen atoms in total. The van der Waals surface area contributed by atoms with Gasteiger partial charge in [-0.25, -0.2) is 4.79 Å². The molecule has 0 aliphatic carbocycles. The molecule has 0 saturated heterocycles. The van der Waals surface area contributed by atoms with Gasteiger partial charge in [-0.05, 0) is 18.3 Å². The predicted molar refractivity (Wildman–Crippen MR) is 79.5 cm³/mol. The molecular formula is C14H27N3O4. The molecule has 122 valence electrons. The summed E-state index contributed by atoms with van der Waals surface area (Å²) in [6.07, 6.45) is 1.15. The van der Waals surface area contributed by atoms with E-state index >= 15 is 0 Å². The van der Waals surface area contributed by atoms with Crippen molar-refractivity contribution in [2.24, 2.45) is 17.6 Å². The highest BCUT2D eigenvalue weighted by Gasteiger charge is 2.25. The molecule has 0 aliphatic rings. The molecule has 0 radical (unpaired) electrons. The fourth-order valence-electron chi connectivity index (χ4n) is 1.82. The Hall–Kier alpha value is -1.63. The Morgan fingerprint density at radius 3 is 2.19 bits per heavy atom. The number of nitrogens with two attached hydrogens (primary N) is 1. The number of aliphatic carboxylic acids is 1. The quantitative estimate of drug-likeness (QED) is 0.481. The number of carbonyl (C=O) groups is 3. The Balaban J connectivity index is 4.31. The van der Waals surface area contributed by atoms with E-state index < -0.39 is 29.9 Å². The zero-order chi connectivity index (χ0) is 16.6. The van der Waals surface area contributed by atoms with E-state index in [4.69, 9.17) is 10.8 Å². The number of carbonyl (C=O) groups excluding carboxylic acids is 2. The molecule has 0 spiro atoms. The van der Waals surface area contributed by atoms with E-state index in [0.717, 1.165) is 0 Å². The first kappa shape index (κ1) is 19.4. The van der Waals surface area contributed by atoms with Crippen molar-refractivity contribution in [3.05, 3.63) is 0 Å². The largest absolute Gasteiger partial charge is 0.480 e. The fourth-order valence-corrected chi connectivity index (χ4v) is 1.82. The van der Waals surface area contributed by atoms with Gasteiger partial charge >= 0.3 is 5.97 Å². The van der Waals surface area contributed by atoms with Gasteiger partial charge in [0.15, 0.2) is 0 Å². The van der Waals surface area contributed by atoms with Crippen LogP contribution in [-0.4, -0.2) is 41.5 Å². The maximum atomic E-state index is 11.7. The lowest BCUT2D eigenvalue weighted by Crippen LogP contribution is -2.50. The van der Waals surface area contributed by atoms with E-state index in [-0.39, 0.29) is 18.4 Å². The number of hydrogen-bond donors (Lipinski definition) is 4. The standard InChI is InChI=1S/C14H27N3O4/c1-5-9(4)12(14(20)21)17-11(18)7-16-13(19)10(15)6-8(2)3/h8-10,12H,5-7,15H2,1-4H3,(H,16,19)(H,17,18)(H,20,21). The smallest absolute Gasteiger partial charge is 0.326 e. The Morgan fingerprint density at radius 2 is 1.76 bits per heavy atom. The van der Waals surface area contributed by atoms with Crippen LogP contribution in [-0.2, 0) is 14.4 Å². The maximum absolute atomic E-state index is 11.7.